The van der Waals surface area contributed by atoms with E-state index in [0.29, 0.717) is 21.9 Å². The van der Waals surface area contributed by atoms with E-state index >= 15 is 0 Å². The third kappa shape index (κ3) is 4.14. The van der Waals surface area contributed by atoms with Gasteiger partial charge < -0.3 is 9.47 Å². The summed E-state index contributed by atoms with van der Waals surface area (Å²) in [5.74, 6) is 0.538. The van der Waals surface area contributed by atoms with Gasteiger partial charge in [0.1, 0.15) is 5.75 Å². The van der Waals surface area contributed by atoms with Crippen LogP contribution >= 0.6 is 22.9 Å². The second kappa shape index (κ2) is 7.60. The number of hydrogen-bond acceptors (Lipinski definition) is 3. The minimum absolute atomic E-state index is 0.0106. The molecule has 0 radical (unpaired) electrons. The highest BCUT2D eigenvalue weighted by atomic mass is 35.5. The Morgan fingerprint density at radius 2 is 1.85 bits per heavy atom. The van der Waals surface area contributed by atoms with E-state index < -0.39 is 12.3 Å². The molecule has 0 fully saturated rings. The SMILES string of the molecule is COc1cccc(-c2cc(Cl)ccc2C(Oc2cccs2)C(F)(F)F)c1. The summed E-state index contributed by atoms with van der Waals surface area (Å²) in [6.45, 7) is 0. The lowest BCUT2D eigenvalue weighted by atomic mass is 9.95. The number of thiophene rings is 1. The van der Waals surface area contributed by atoms with Crippen LogP contribution in [-0.2, 0) is 0 Å². The molecule has 0 saturated heterocycles. The summed E-state index contributed by atoms with van der Waals surface area (Å²) in [5.41, 5.74) is 0.893. The first-order chi connectivity index (χ1) is 12.4. The van der Waals surface area contributed by atoms with Gasteiger partial charge in [-0.1, -0.05) is 29.8 Å². The molecule has 1 aromatic heterocycles. The van der Waals surface area contributed by atoms with E-state index in [0.717, 1.165) is 11.3 Å². The summed E-state index contributed by atoms with van der Waals surface area (Å²) in [4.78, 5) is 0. The summed E-state index contributed by atoms with van der Waals surface area (Å²) < 4.78 is 51.7. The quantitative estimate of drug-likeness (QED) is 0.472. The molecule has 0 saturated carbocycles. The van der Waals surface area contributed by atoms with Crippen LogP contribution in [0.25, 0.3) is 11.1 Å². The van der Waals surface area contributed by atoms with Gasteiger partial charge in [-0.15, -0.1) is 11.3 Å². The van der Waals surface area contributed by atoms with Gasteiger partial charge in [-0.2, -0.15) is 13.2 Å². The molecule has 1 unspecified atom stereocenters. The lowest BCUT2D eigenvalue weighted by Crippen LogP contribution is -2.26. The second-order valence-electron chi connectivity index (χ2n) is 5.44. The Labute approximate surface area is 157 Å². The highest BCUT2D eigenvalue weighted by Gasteiger charge is 2.44. The van der Waals surface area contributed by atoms with Gasteiger partial charge in [0.15, 0.2) is 5.06 Å². The molecule has 3 aromatic rings. The minimum atomic E-state index is -4.59. The lowest BCUT2D eigenvalue weighted by Gasteiger charge is -2.24. The molecule has 0 aliphatic heterocycles. The zero-order valence-electron chi connectivity index (χ0n) is 13.6. The second-order valence-corrected chi connectivity index (χ2v) is 6.78. The molecule has 1 heterocycles. The molecule has 2 aromatic carbocycles. The predicted octanol–water partition coefficient (Wildman–Crippen LogP) is 6.76. The van der Waals surface area contributed by atoms with Crippen molar-refractivity contribution >= 4 is 22.9 Å². The average Bonchev–Trinajstić information content (AvgIpc) is 3.12. The molecule has 1 atom stereocenters. The fraction of sp³-hybridized carbons (Fsp3) is 0.158. The van der Waals surface area contributed by atoms with Crippen molar-refractivity contribution < 1.29 is 22.6 Å². The highest BCUT2D eigenvalue weighted by molar-refractivity contribution is 7.11. The van der Waals surface area contributed by atoms with Crippen molar-refractivity contribution in [2.24, 2.45) is 0 Å². The number of rotatable bonds is 5. The highest BCUT2D eigenvalue weighted by Crippen LogP contribution is 2.43. The largest absolute Gasteiger partial charge is 0.497 e. The molecule has 3 rings (SSSR count). The Kier molecular flexibility index (Phi) is 5.44. The zero-order chi connectivity index (χ0) is 18.7. The molecule has 26 heavy (non-hydrogen) atoms. The number of ether oxygens (including phenoxy) is 2. The van der Waals surface area contributed by atoms with Crippen molar-refractivity contribution in [2.45, 2.75) is 12.3 Å². The van der Waals surface area contributed by atoms with Crippen molar-refractivity contribution in [3.05, 3.63) is 70.6 Å². The fourth-order valence-electron chi connectivity index (χ4n) is 2.55. The van der Waals surface area contributed by atoms with Gasteiger partial charge >= 0.3 is 6.18 Å². The standard InChI is InChI=1S/C19H14ClF3O2S/c1-24-14-5-2-4-12(10-14)16-11-13(20)7-8-15(16)18(19(21,22)23)25-17-6-3-9-26-17/h2-11,18H,1H3. The van der Waals surface area contributed by atoms with Crippen LogP contribution in [0.1, 0.15) is 11.7 Å². The van der Waals surface area contributed by atoms with Crippen LogP contribution < -0.4 is 9.47 Å². The molecule has 0 aliphatic rings. The van der Waals surface area contributed by atoms with Gasteiger partial charge in [0.25, 0.3) is 0 Å². The first-order valence-electron chi connectivity index (χ1n) is 7.59. The molecule has 0 amide bonds. The van der Waals surface area contributed by atoms with E-state index in [-0.39, 0.29) is 10.6 Å². The van der Waals surface area contributed by atoms with Crippen molar-refractivity contribution in [1.29, 1.82) is 0 Å². The van der Waals surface area contributed by atoms with Crippen molar-refractivity contribution in [3.63, 3.8) is 0 Å². The van der Waals surface area contributed by atoms with Crippen LogP contribution in [0.4, 0.5) is 13.2 Å². The molecule has 7 heteroatoms. The van der Waals surface area contributed by atoms with Crippen LogP contribution in [0.3, 0.4) is 0 Å². The van der Waals surface area contributed by atoms with Crippen LogP contribution in [-0.4, -0.2) is 13.3 Å². The molecule has 0 N–H and O–H groups in total. The normalized spacial score (nSPS) is 12.7. The molecule has 0 bridgehead atoms. The summed E-state index contributed by atoms with van der Waals surface area (Å²) in [6, 6.07) is 14.2. The average molecular weight is 399 g/mol. The minimum Gasteiger partial charge on any atom is -0.497 e. The summed E-state index contributed by atoms with van der Waals surface area (Å²) in [6.07, 6.45) is -6.70. The Hall–Kier alpha value is -2.18. The van der Waals surface area contributed by atoms with Crippen molar-refractivity contribution in [1.82, 2.24) is 0 Å². The summed E-state index contributed by atoms with van der Waals surface area (Å²) in [5, 5.41) is 2.19. The number of alkyl halides is 3. The van der Waals surface area contributed by atoms with E-state index in [2.05, 4.69) is 0 Å². The van der Waals surface area contributed by atoms with E-state index in [9.17, 15) is 13.2 Å². The third-order valence-electron chi connectivity index (χ3n) is 3.70. The number of methoxy groups -OCH3 is 1. The molecular formula is C19H14ClF3O2S. The van der Waals surface area contributed by atoms with Crippen LogP contribution in [0.2, 0.25) is 5.02 Å². The lowest BCUT2D eigenvalue weighted by molar-refractivity contribution is -0.197. The Morgan fingerprint density at radius 3 is 2.50 bits per heavy atom. The van der Waals surface area contributed by atoms with Gasteiger partial charge in [0.2, 0.25) is 6.10 Å². The first-order valence-corrected chi connectivity index (χ1v) is 8.85. The van der Waals surface area contributed by atoms with Gasteiger partial charge in [-0.25, -0.2) is 0 Å². The van der Waals surface area contributed by atoms with Gasteiger partial charge in [-0.05, 0) is 52.9 Å². The number of benzene rings is 2. The number of halogens is 4. The molecule has 0 spiro atoms. The number of hydrogen-bond donors (Lipinski definition) is 0. The summed E-state index contributed by atoms with van der Waals surface area (Å²) in [7, 11) is 1.50. The Morgan fingerprint density at radius 1 is 1.04 bits per heavy atom. The Balaban J connectivity index is 2.12. The third-order valence-corrected chi connectivity index (χ3v) is 4.70. The maximum Gasteiger partial charge on any atom is 0.429 e. The van der Waals surface area contributed by atoms with E-state index in [1.54, 1.807) is 35.7 Å². The smallest absolute Gasteiger partial charge is 0.429 e. The summed E-state index contributed by atoms with van der Waals surface area (Å²) >= 11 is 7.16. The molecule has 2 nitrogen and oxygen atoms in total. The van der Waals surface area contributed by atoms with Crippen LogP contribution in [0.15, 0.2) is 60.0 Å². The zero-order valence-corrected chi connectivity index (χ0v) is 15.2. The Bertz CT molecular complexity index is 879. The maximum atomic E-state index is 13.8. The topological polar surface area (TPSA) is 18.5 Å². The van der Waals surface area contributed by atoms with E-state index in [1.807, 2.05) is 0 Å². The fourth-order valence-corrected chi connectivity index (χ4v) is 3.32. The van der Waals surface area contributed by atoms with E-state index in [4.69, 9.17) is 21.1 Å². The van der Waals surface area contributed by atoms with Gasteiger partial charge in [0, 0.05) is 10.6 Å². The van der Waals surface area contributed by atoms with Gasteiger partial charge in [-0.3, -0.25) is 0 Å². The monoisotopic (exact) mass is 398 g/mol. The predicted molar refractivity (Wildman–Crippen MR) is 97.2 cm³/mol. The van der Waals surface area contributed by atoms with Crippen LogP contribution in [0, 0.1) is 0 Å². The van der Waals surface area contributed by atoms with Crippen molar-refractivity contribution in [2.75, 3.05) is 7.11 Å². The van der Waals surface area contributed by atoms with E-state index in [1.165, 1.54) is 31.4 Å². The molecule has 136 valence electrons. The van der Waals surface area contributed by atoms with Crippen LogP contribution in [0.5, 0.6) is 10.8 Å². The molecule has 0 aliphatic carbocycles. The first kappa shape index (κ1) is 18.6. The maximum absolute atomic E-state index is 13.8. The van der Waals surface area contributed by atoms with Gasteiger partial charge in [0.05, 0.1) is 7.11 Å². The molecular weight excluding hydrogens is 385 g/mol. The van der Waals surface area contributed by atoms with Crippen molar-refractivity contribution in [3.8, 4) is 21.9 Å².